The smallest absolute Gasteiger partial charge is 0.168 e. The van der Waals surface area contributed by atoms with Crippen LogP contribution in [0.2, 0.25) is 0 Å². The number of aryl methyl sites for hydroxylation is 1. The Morgan fingerprint density at radius 2 is 1.76 bits per heavy atom. The van der Waals surface area contributed by atoms with Crippen molar-refractivity contribution in [3.05, 3.63) is 82.4 Å². The molecule has 0 amide bonds. The number of benzene rings is 4. The molecular weight excluding hydrogens is 889 g/mol. The Hall–Kier alpha value is -3.86. The Labute approximate surface area is 402 Å². The molecule has 2 aliphatic carbocycles. The van der Waals surface area contributed by atoms with Crippen LogP contribution in [-0.2, 0) is 33.1 Å². The molecule has 0 radical (unpaired) electrons. The van der Waals surface area contributed by atoms with Gasteiger partial charge in [-0.05, 0) is 158 Å². The minimum Gasteiger partial charge on any atom is -0.508 e. The van der Waals surface area contributed by atoms with Crippen molar-refractivity contribution >= 4 is 49.6 Å². The molecule has 2 saturated carbocycles. The molecule has 0 unspecified atom stereocenters. The van der Waals surface area contributed by atoms with Gasteiger partial charge in [-0.2, -0.15) is 0 Å². The molecular formula is C53H68N2O10S2. The fourth-order valence-corrected chi connectivity index (χ4v) is 14.1. The minimum atomic E-state index is -0.728. The summed E-state index contributed by atoms with van der Waals surface area (Å²) in [5.41, 5.74) is 5.62. The third kappa shape index (κ3) is 11.6. The number of methoxy groups -OCH3 is 1. The molecule has 0 saturated heterocycles. The molecule has 362 valence electrons. The number of aromatic hydroxyl groups is 2. The average Bonchev–Trinajstić information content (AvgIpc) is 3.75. The summed E-state index contributed by atoms with van der Waals surface area (Å²) in [6.07, 6.45) is 7.52. The number of nitrogens with one attached hydrogen (secondary N) is 2. The van der Waals surface area contributed by atoms with Gasteiger partial charge in [-0.25, -0.2) is 0 Å². The molecule has 12 nitrogen and oxygen atoms in total. The summed E-state index contributed by atoms with van der Waals surface area (Å²) in [5, 5.41) is 75.2. The van der Waals surface area contributed by atoms with Crippen LogP contribution in [0.15, 0.2) is 54.6 Å². The number of phenols is 2. The molecule has 0 spiro atoms. The second kappa shape index (κ2) is 22.3. The van der Waals surface area contributed by atoms with Crippen LogP contribution in [0.5, 0.6) is 17.2 Å². The van der Waals surface area contributed by atoms with Gasteiger partial charge in [-0.3, -0.25) is 14.9 Å². The number of rotatable bonds is 12. The number of ketones is 2. The average molecular weight is 957 g/mol. The molecule has 4 aromatic rings. The predicted octanol–water partition coefficient (Wildman–Crippen LogP) is 9.12. The van der Waals surface area contributed by atoms with Gasteiger partial charge in [0.05, 0.1) is 38.1 Å². The number of aliphatic hydroxyl groups excluding tert-OH is 3. The molecule has 3 heterocycles. The number of aliphatic hydroxyl groups is 4. The van der Waals surface area contributed by atoms with E-state index in [0.29, 0.717) is 66.8 Å². The largest absolute Gasteiger partial charge is 0.508 e. The second-order valence-electron chi connectivity index (χ2n) is 19.5. The van der Waals surface area contributed by atoms with E-state index in [1.54, 1.807) is 39.8 Å². The molecule has 8 N–H and O–H groups in total. The maximum absolute atomic E-state index is 14.6. The summed E-state index contributed by atoms with van der Waals surface area (Å²) in [5.74, 6) is 0.709. The lowest BCUT2D eigenvalue weighted by Crippen LogP contribution is -2.43. The van der Waals surface area contributed by atoms with Crippen LogP contribution in [0.1, 0.15) is 137 Å². The third-order valence-electron chi connectivity index (χ3n) is 14.9. The van der Waals surface area contributed by atoms with E-state index >= 15 is 0 Å². The normalized spacial score (nSPS) is 25.7. The van der Waals surface area contributed by atoms with Gasteiger partial charge in [0.2, 0.25) is 0 Å². The molecule has 2 fully saturated rings. The quantitative estimate of drug-likeness (QED) is 0.0626. The van der Waals surface area contributed by atoms with Crippen molar-refractivity contribution < 1.29 is 49.7 Å². The van der Waals surface area contributed by atoms with Crippen LogP contribution >= 0.6 is 21.6 Å². The Morgan fingerprint density at radius 1 is 0.955 bits per heavy atom. The Bertz CT molecular complexity index is 2390. The molecule has 9 rings (SSSR count). The van der Waals surface area contributed by atoms with Crippen LogP contribution in [0.25, 0.3) is 21.9 Å². The van der Waals surface area contributed by atoms with E-state index in [9.17, 15) is 40.2 Å². The van der Waals surface area contributed by atoms with E-state index in [1.807, 2.05) is 36.4 Å². The number of hydrogen-bond donors (Lipinski definition) is 8. The summed E-state index contributed by atoms with van der Waals surface area (Å²) in [7, 11) is 4.83. The van der Waals surface area contributed by atoms with Gasteiger partial charge in [0.1, 0.15) is 23.5 Å². The lowest BCUT2D eigenvalue weighted by atomic mass is 9.80. The zero-order valence-electron chi connectivity index (χ0n) is 38.8. The number of anilines is 1. The highest BCUT2D eigenvalue weighted by Gasteiger charge is 2.39. The van der Waals surface area contributed by atoms with Crippen molar-refractivity contribution in [1.29, 1.82) is 0 Å². The number of ether oxygens (including phenoxy) is 2. The zero-order chi connectivity index (χ0) is 47.2. The Balaban J connectivity index is 1.17. The Kier molecular flexibility index (Phi) is 16.5. The SMILES string of the molecule is COc1c(O)ccc2c1-c1ccc3ccc(O)cc3c1CSS[C@H]1CC[C@H](C[C@H]1O)[C@@H](O[C@@H]1N[C@@H](CCC3(O)CCCC3)CC[C@@H](CCO)c3cc(NCC(C)=O)c(CO)cc31)CC(=O)CC2. The Morgan fingerprint density at radius 3 is 2.51 bits per heavy atom. The van der Waals surface area contributed by atoms with Crippen molar-refractivity contribution in [1.82, 2.24) is 5.32 Å². The van der Waals surface area contributed by atoms with Gasteiger partial charge >= 0.3 is 0 Å². The van der Waals surface area contributed by atoms with Crippen molar-refractivity contribution in [2.24, 2.45) is 5.92 Å². The lowest BCUT2D eigenvalue weighted by molar-refractivity contribution is -0.129. The fourth-order valence-electron chi connectivity index (χ4n) is 11.2. The maximum atomic E-state index is 14.6. The number of phenolic OH excluding ortho intramolecular Hbond substituents is 2. The van der Waals surface area contributed by atoms with Gasteiger partial charge in [0.15, 0.2) is 11.5 Å². The highest BCUT2D eigenvalue weighted by Crippen LogP contribution is 2.49. The minimum absolute atomic E-state index is 0.00987. The topological polar surface area (TPSA) is 198 Å². The highest BCUT2D eigenvalue weighted by molar-refractivity contribution is 8.76. The third-order valence-corrected chi connectivity index (χ3v) is 17.7. The first-order valence-electron chi connectivity index (χ1n) is 24.2. The first-order chi connectivity index (χ1) is 32.4. The molecule has 5 aliphatic rings. The molecule has 67 heavy (non-hydrogen) atoms. The van der Waals surface area contributed by atoms with Crippen molar-refractivity contribution in [3.8, 4) is 28.4 Å². The molecule has 0 aromatic heterocycles. The number of hydrogen-bond acceptors (Lipinski definition) is 14. The van der Waals surface area contributed by atoms with Crippen LogP contribution in [-0.4, -0.2) is 91.6 Å². The van der Waals surface area contributed by atoms with Gasteiger partial charge < -0.3 is 45.4 Å². The summed E-state index contributed by atoms with van der Waals surface area (Å²) >= 11 is 0. The first-order valence-corrected chi connectivity index (χ1v) is 26.6. The monoisotopic (exact) mass is 956 g/mol. The van der Waals surface area contributed by atoms with Crippen LogP contribution in [0.3, 0.4) is 0 Å². The molecule has 4 aromatic carbocycles. The van der Waals surface area contributed by atoms with Gasteiger partial charge in [-0.1, -0.05) is 58.7 Å². The molecule has 14 heteroatoms. The van der Waals surface area contributed by atoms with E-state index in [1.165, 1.54) is 14.0 Å². The van der Waals surface area contributed by atoms with Gasteiger partial charge in [-0.15, -0.1) is 0 Å². The van der Waals surface area contributed by atoms with Crippen LogP contribution in [0, 0.1) is 5.92 Å². The number of Topliss-reactive ketones (excluding diaryl/α,β-unsaturated/α-hetero) is 2. The van der Waals surface area contributed by atoms with E-state index in [0.717, 1.165) is 83.5 Å². The van der Waals surface area contributed by atoms with Crippen molar-refractivity contribution in [2.75, 3.05) is 25.6 Å². The van der Waals surface area contributed by atoms with E-state index in [-0.39, 0.29) is 78.8 Å². The predicted molar refractivity (Wildman–Crippen MR) is 266 cm³/mol. The standard InChI is InChI=1S/C53H68N2O10S2/c1-31(58)28-54-45-27-42-33(18-22-56)5-11-37(17-21-53(63)19-3-4-20-53)55-52(43(42)23-36(45)29-57)65-48-26-39(60)13-7-34-9-15-46(61)51(64-2)50(34)40-14-8-32-6-12-38(59)25-41(32)44(40)30-66-67-49-16-10-35(48)24-47(49)62/h6,8-9,12,14-15,23,25,27,33,35,37,47-49,52,54-57,59,61-63H,3-5,7,10-11,13,16-22,24,26,28-30H2,1-2H3/t33-,35+,37+,47+,48-,49-,52-/m0/s1. The number of carbonyl (C=O) groups is 2. The summed E-state index contributed by atoms with van der Waals surface area (Å²) in [4.78, 5) is 26.7. The zero-order valence-corrected chi connectivity index (χ0v) is 40.4. The van der Waals surface area contributed by atoms with Crippen molar-refractivity contribution in [2.45, 2.75) is 157 Å². The van der Waals surface area contributed by atoms with E-state index < -0.39 is 24.0 Å². The number of fused-ring (bicyclic) bond motifs is 10. The second-order valence-corrected chi connectivity index (χ2v) is 22.1. The van der Waals surface area contributed by atoms with E-state index in [2.05, 4.69) is 10.6 Å². The molecule has 7 atom stereocenters. The van der Waals surface area contributed by atoms with Gasteiger partial charge in [0, 0.05) is 53.3 Å². The summed E-state index contributed by atoms with van der Waals surface area (Å²) in [6, 6.07) is 16.7. The van der Waals surface area contributed by atoms with Crippen LogP contribution < -0.4 is 15.4 Å². The number of carbonyl (C=O) groups excluding carboxylic acids is 2. The summed E-state index contributed by atoms with van der Waals surface area (Å²) in [6.45, 7) is 1.29. The summed E-state index contributed by atoms with van der Waals surface area (Å²) < 4.78 is 13.2. The maximum Gasteiger partial charge on any atom is 0.168 e. The highest BCUT2D eigenvalue weighted by atomic mass is 33.1. The van der Waals surface area contributed by atoms with Gasteiger partial charge in [0.25, 0.3) is 0 Å². The first kappa shape index (κ1) is 49.6. The van der Waals surface area contributed by atoms with Crippen molar-refractivity contribution in [3.63, 3.8) is 0 Å². The lowest BCUT2D eigenvalue weighted by Gasteiger charge is -2.40. The molecule has 3 aliphatic heterocycles. The fraction of sp³-hybridized carbons (Fsp3) is 0.547. The van der Waals surface area contributed by atoms with E-state index in [4.69, 9.17) is 9.47 Å². The van der Waals surface area contributed by atoms with Crippen LogP contribution in [0.4, 0.5) is 5.69 Å². The molecule has 2 bridgehead atoms.